The molecule has 0 aliphatic carbocycles. The molecule has 0 aliphatic heterocycles. The van der Waals surface area contributed by atoms with Crippen molar-refractivity contribution in [1.82, 2.24) is 5.32 Å². The Morgan fingerprint density at radius 3 is 1.85 bits per heavy atom. The molecule has 0 aromatic heterocycles. The van der Waals surface area contributed by atoms with Crippen molar-refractivity contribution in [3.05, 3.63) is 0 Å². The second-order valence-corrected chi connectivity index (χ2v) is 6.13. The summed E-state index contributed by atoms with van der Waals surface area (Å²) in [6.45, 7) is 3.62. The van der Waals surface area contributed by atoms with E-state index in [0.717, 1.165) is 0 Å². The molecular weight excluding hydrogens is 352 g/mol. The number of carbonyl (C=O) groups excluding carboxylic acids is 2. The highest BCUT2D eigenvalue weighted by atomic mass is 16.4. The first-order valence-electron chi connectivity index (χ1n) is 7.96. The zero-order valence-corrected chi connectivity index (χ0v) is 15.1. The molecule has 9 N–H and O–H groups in total. The Labute approximate surface area is 151 Å². The number of hydrogen-bond donors (Lipinski definition) is 8. The molecule has 0 aromatic carbocycles. The normalized spacial score (nSPS) is 16.5. The van der Waals surface area contributed by atoms with Gasteiger partial charge in [0.25, 0.3) is 0 Å². The van der Waals surface area contributed by atoms with Crippen LogP contribution in [-0.2, 0) is 14.4 Å². The minimum absolute atomic E-state index is 0.212. The van der Waals surface area contributed by atoms with Gasteiger partial charge in [0.1, 0.15) is 31.0 Å². The van der Waals surface area contributed by atoms with Crippen LogP contribution in [0.15, 0.2) is 0 Å². The fraction of sp³-hybridized carbons (Fsp3) is 0.800. The van der Waals surface area contributed by atoms with Gasteiger partial charge in [-0.3, -0.25) is 9.59 Å². The molecule has 154 valence electrons. The molecule has 0 rings (SSSR count). The average molecular weight is 382 g/mol. The summed E-state index contributed by atoms with van der Waals surface area (Å²) in [5.41, 5.74) is 5.31. The Bertz CT molecular complexity index is 443. The number of carbonyl (C=O) groups is 3. The van der Waals surface area contributed by atoms with E-state index in [9.17, 15) is 14.4 Å². The Balaban J connectivity index is 0. The molecule has 0 heterocycles. The van der Waals surface area contributed by atoms with E-state index in [1.807, 2.05) is 13.8 Å². The van der Waals surface area contributed by atoms with Gasteiger partial charge in [0, 0.05) is 0 Å². The largest absolute Gasteiger partial charge is 0.480 e. The Kier molecular flexibility index (Phi) is 13.9. The number of hydrogen-bond acceptors (Lipinski definition) is 9. The Morgan fingerprint density at radius 2 is 1.54 bits per heavy atom. The summed E-state index contributed by atoms with van der Waals surface area (Å²) in [5.74, 6) is -2.25. The molecule has 11 heteroatoms. The van der Waals surface area contributed by atoms with Gasteiger partial charge < -0.3 is 41.7 Å². The first-order chi connectivity index (χ1) is 11.9. The lowest BCUT2D eigenvalue weighted by molar-refractivity contribution is -0.143. The third-order valence-electron chi connectivity index (χ3n) is 3.13. The third-order valence-corrected chi connectivity index (χ3v) is 3.13. The van der Waals surface area contributed by atoms with Crippen molar-refractivity contribution in [3.63, 3.8) is 0 Å². The first-order valence-corrected chi connectivity index (χ1v) is 7.96. The monoisotopic (exact) mass is 382 g/mol. The number of rotatable bonds is 10. The molecule has 2 unspecified atom stereocenters. The van der Waals surface area contributed by atoms with Gasteiger partial charge in [-0.1, -0.05) is 13.8 Å². The van der Waals surface area contributed by atoms with Crippen LogP contribution >= 0.6 is 0 Å². The van der Waals surface area contributed by atoms with Crippen LogP contribution in [0.4, 0.5) is 0 Å². The number of Topliss-reactive ketones (excluding diaryl/α,β-unsaturated/α-hetero) is 1. The van der Waals surface area contributed by atoms with E-state index in [1.54, 1.807) is 0 Å². The number of aliphatic hydroxyl groups is 5. The number of nitrogens with two attached hydrogens (primary N) is 1. The molecule has 11 nitrogen and oxygen atoms in total. The highest BCUT2D eigenvalue weighted by molar-refractivity contribution is 5.86. The van der Waals surface area contributed by atoms with Crippen LogP contribution in [0.5, 0.6) is 0 Å². The van der Waals surface area contributed by atoms with Gasteiger partial charge in [0.2, 0.25) is 5.91 Å². The summed E-state index contributed by atoms with van der Waals surface area (Å²) < 4.78 is 0. The van der Waals surface area contributed by atoms with E-state index in [2.05, 4.69) is 5.32 Å². The predicted molar refractivity (Wildman–Crippen MR) is 89.9 cm³/mol. The van der Waals surface area contributed by atoms with Crippen molar-refractivity contribution in [3.8, 4) is 0 Å². The molecule has 0 fully saturated rings. The minimum Gasteiger partial charge on any atom is -0.480 e. The SMILES string of the molecule is CC(C)CC(NC(=O)C(C)N)C(=O)O.O=C(CO)[C@@H](O)[C@H](O)[C@H](O)CO. The maximum absolute atomic E-state index is 11.1. The number of amides is 1. The second-order valence-electron chi connectivity index (χ2n) is 6.13. The summed E-state index contributed by atoms with van der Waals surface area (Å²) in [6.07, 6.45) is -4.81. The summed E-state index contributed by atoms with van der Waals surface area (Å²) >= 11 is 0. The van der Waals surface area contributed by atoms with Crippen LogP contribution in [0, 0.1) is 5.92 Å². The van der Waals surface area contributed by atoms with Crippen molar-refractivity contribution in [2.24, 2.45) is 11.7 Å². The topological polar surface area (TPSA) is 211 Å². The Morgan fingerprint density at radius 1 is 1.04 bits per heavy atom. The zero-order valence-electron chi connectivity index (χ0n) is 15.1. The summed E-state index contributed by atoms with van der Waals surface area (Å²) in [7, 11) is 0. The van der Waals surface area contributed by atoms with Crippen LogP contribution in [0.3, 0.4) is 0 Å². The van der Waals surface area contributed by atoms with E-state index in [0.29, 0.717) is 6.42 Å². The molecule has 0 bridgehead atoms. The van der Waals surface area contributed by atoms with Gasteiger partial charge >= 0.3 is 5.97 Å². The molecule has 0 spiro atoms. The molecule has 0 aromatic rings. The fourth-order valence-corrected chi connectivity index (χ4v) is 1.60. The van der Waals surface area contributed by atoms with Crippen LogP contribution < -0.4 is 11.1 Å². The van der Waals surface area contributed by atoms with Crippen LogP contribution in [0.2, 0.25) is 0 Å². The smallest absolute Gasteiger partial charge is 0.326 e. The lowest BCUT2D eigenvalue weighted by Crippen LogP contribution is -2.47. The van der Waals surface area contributed by atoms with Gasteiger partial charge in [-0.25, -0.2) is 4.79 Å². The van der Waals surface area contributed by atoms with Crippen molar-refractivity contribution in [2.75, 3.05) is 13.2 Å². The second kappa shape index (κ2) is 13.6. The van der Waals surface area contributed by atoms with Gasteiger partial charge in [0.15, 0.2) is 5.78 Å². The molecule has 0 saturated carbocycles. The van der Waals surface area contributed by atoms with Crippen LogP contribution in [0.25, 0.3) is 0 Å². The number of ketones is 1. The number of nitrogens with one attached hydrogen (secondary N) is 1. The van der Waals surface area contributed by atoms with E-state index in [4.69, 9.17) is 36.4 Å². The number of aliphatic carboxylic acids is 1. The standard InChI is InChI=1S/C9H18N2O3.C6H12O6/c1-5(2)4-7(9(13)14)11-8(12)6(3)10;7-1-3(9)5(11)6(12)4(10)2-8/h5-7H,4,10H2,1-3H3,(H,11,12)(H,13,14);3,5-9,11-12H,1-2H2/t;3-,5-,6-/m.1/s1. The highest BCUT2D eigenvalue weighted by Crippen LogP contribution is 2.05. The maximum Gasteiger partial charge on any atom is 0.326 e. The maximum atomic E-state index is 11.1. The summed E-state index contributed by atoms with van der Waals surface area (Å²) in [6, 6.07) is -1.52. The van der Waals surface area contributed by atoms with Crippen LogP contribution in [0.1, 0.15) is 27.2 Å². The van der Waals surface area contributed by atoms with Crippen molar-refractivity contribution in [1.29, 1.82) is 0 Å². The van der Waals surface area contributed by atoms with E-state index in [1.165, 1.54) is 6.92 Å². The lowest BCUT2D eigenvalue weighted by atomic mass is 10.0. The van der Waals surface area contributed by atoms with E-state index >= 15 is 0 Å². The first kappa shape index (κ1) is 26.6. The quantitative estimate of drug-likeness (QED) is 0.187. The number of carboxylic acids is 1. The van der Waals surface area contributed by atoms with Gasteiger partial charge in [-0.15, -0.1) is 0 Å². The van der Waals surface area contributed by atoms with Gasteiger partial charge in [-0.2, -0.15) is 0 Å². The molecule has 1 amide bonds. The summed E-state index contributed by atoms with van der Waals surface area (Å²) in [4.78, 5) is 32.4. The number of carboxylic acid groups (broad SMARTS) is 1. The molecule has 26 heavy (non-hydrogen) atoms. The van der Waals surface area contributed by atoms with E-state index in [-0.39, 0.29) is 5.92 Å². The van der Waals surface area contributed by atoms with Gasteiger partial charge in [-0.05, 0) is 19.3 Å². The highest BCUT2D eigenvalue weighted by Gasteiger charge is 2.28. The Hall–Kier alpha value is -1.63. The van der Waals surface area contributed by atoms with Crippen molar-refractivity contribution in [2.45, 2.75) is 57.6 Å². The molecule has 0 aliphatic rings. The third kappa shape index (κ3) is 11.1. The zero-order chi connectivity index (χ0) is 21.0. The molecule has 5 atom stereocenters. The summed E-state index contributed by atoms with van der Waals surface area (Å²) in [5, 5.41) is 54.2. The fourth-order valence-electron chi connectivity index (χ4n) is 1.60. The molecular formula is C15H30N2O9. The number of aliphatic hydroxyl groups excluding tert-OH is 5. The minimum atomic E-state index is -1.86. The predicted octanol–water partition coefficient (Wildman–Crippen LogP) is -3.43. The van der Waals surface area contributed by atoms with Crippen molar-refractivity contribution < 1.29 is 45.0 Å². The molecule has 0 saturated heterocycles. The van der Waals surface area contributed by atoms with E-state index < -0.39 is 61.3 Å². The van der Waals surface area contributed by atoms with Crippen LogP contribution in [-0.4, -0.2) is 91.9 Å². The van der Waals surface area contributed by atoms with Gasteiger partial charge in [0.05, 0.1) is 12.6 Å². The lowest BCUT2D eigenvalue weighted by Gasteiger charge is -2.19. The average Bonchev–Trinajstić information content (AvgIpc) is 2.58. The van der Waals surface area contributed by atoms with Crippen molar-refractivity contribution >= 4 is 17.7 Å². The molecule has 0 radical (unpaired) electrons.